The maximum atomic E-state index is 11.6. The summed E-state index contributed by atoms with van der Waals surface area (Å²) < 4.78 is 66.5. The number of hydrogen-bond donors (Lipinski definition) is 2. The van der Waals surface area contributed by atoms with Crippen LogP contribution < -0.4 is 29.9 Å². The molecule has 14 rings (SSSR count). The summed E-state index contributed by atoms with van der Waals surface area (Å²) in [5, 5.41) is 18.5. The Morgan fingerprint density at radius 2 is 0.527 bits per heavy atom. The van der Waals surface area contributed by atoms with Crippen molar-refractivity contribution in [2.24, 2.45) is 0 Å². The number of nitrogens with zero attached hydrogens (tertiary/aromatic N) is 5. The summed E-state index contributed by atoms with van der Waals surface area (Å²) in [7, 11) is -2.39. The quantitative estimate of drug-likeness (QED) is 0.0592. The number of halogens is 3. The highest BCUT2D eigenvalue weighted by Crippen LogP contribution is 2.44. The number of aromatic hydroxyl groups is 1. The van der Waals surface area contributed by atoms with E-state index in [-0.39, 0.29) is 28.2 Å². The van der Waals surface area contributed by atoms with Crippen LogP contribution in [0.5, 0.6) is 51.7 Å². The van der Waals surface area contributed by atoms with E-state index in [1.54, 1.807) is 176 Å². The summed E-state index contributed by atoms with van der Waals surface area (Å²) in [6.07, 6.45) is 4.98. The van der Waals surface area contributed by atoms with Crippen molar-refractivity contribution >= 4 is 140 Å². The molecular formula is C121H176B4Br3N5O15. The highest BCUT2D eigenvalue weighted by molar-refractivity contribution is 9.11. The van der Waals surface area contributed by atoms with E-state index in [4.69, 9.17) is 89.5 Å². The van der Waals surface area contributed by atoms with E-state index in [0.29, 0.717) is 91.9 Å². The van der Waals surface area contributed by atoms with E-state index in [1.165, 1.54) is 5.56 Å². The molecule has 0 aromatic heterocycles. The Kier molecular flexibility index (Phi) is 90.1. The SMILES string of the molecule is C=Cc1cc(O)ccc1Br.CC.CC.CC.CC.CC.CC.CC.CC.CC.CC.CC.CC.CC.CC.CC.CC1(C)OB(B2OC(C)(C)C(C)(C)O2)OC1(C)C.[C-]#[N+]c1ccc(C)cc1.[C-]#[N+]c1ccc(Oc2ccc(B3OC(C)(C)C(C)(C)O3)c(C=O)c2)cc1.[C-]#[N+]c1ccc(Oc2ccc(Br)c(C=C)c2)cc1.[C-]#[N+]c1ccc(Oc2ccc(Br)c(C=O)c2)cc1.[C-]#[N+]c1ccc(Oc2ccc3c(c2)COB3O)cc1. The smallest absolute Gasteiger partial charge is 0.495 e. The molecule has 0 atom stereocenters. The van der Waals surface area contributed by atoms with Gasteiger partial charge < -0.3 is 61.7 Å². The summed E-state index contributed by atoms with van der Waals surface area (Å²) in [5.41, 5.74) is 7.07. The first kappa shape index (κ1) is 152. The van der Waals surface area contributed by atoms with Gasteiger partial charge in [0.2, 0.25) is 0 Å². The molecule has 0 bridgehead atoms. The fraction of sp³-hybridized carbons (Fsp3) is 0.413. The van der Waals surface area contributed by atoms with Crippen LogP contribution in [-0.4, -0.2) is 84.6 Å². The van der Waals surface area contributed by atoms with E-state index in [2.05, 4.69) is 85.2 Å². The number of aldehydes is 2. The second-order valence-corrected chi connectivity index (χ2v) is 32.2. The first-order chi connectivity index (χ1) is 70.9. The first-order valence-electron chi connectivity index (χ1n) is 51.8. The number of aryl methyl sites for hydroxylation is 1. The molecule has 3 saturated heterocycles. The van der Waals surface area contributed by atoms with Gasteiger partial charge in [-0.25, -0.2) is 24.2 Å². The molecule has 0 unspecified atom stereocenters. The third-order valence-corrected chi connectivity index (χ3v) is 21.9. The van der Waals surface area contributed by atoms with E-state index < -0.39 is 39.5 Å². The van der Waals surface area contributed by atoms with Crippen molar-refractivity contribution in [2.75, 3.05) is 0 Å². The number of phenolic OH excluding ortho intramolecular Hbond substituents is 1. The Morgan fingerprint density at radius 3 is 0.797 bits per heavy atom. The van der Waals surface area contributed by atoms with Crippen LogP contribution in [0, 0.1) is 39.8 Å². The number of benzene rings is 10. The van der Waals surface area contributed by atoms with Crippen LogP contribution in [0.3, 0.4) is 0 Å². The van der Waals surface area contributed by atoms with E-state index in [0.717, 1.165) is 53.9 Å². The van der Waals surface area contributed by atoms with Crippen molar-refractivity contribution < 1.29 is 71.2 Å². The second-order valence-electron chi connectivity index (χ2n) is 29.6. The molecule has 148 heavy (non-hydrogen) atoms. The van der Waals surface area contributed by atoms with Crippen LogP contribution in [0.1, 0.15) is 334 Å². The molecule has 0 amide bonds. The zero-order valence-corrected chi connectivity index (χ0v) is 102. The molecule has 27 heteroatoms. The number of ether oxygens (including phenoxy) is 4. The van der Waals surface area contributed by atoms with Crippen molar-refractivity contribution in [1.29, 1.82) is 0 Å². The van der Waals surface area contributed by atoms with Gasteiger partial charge in [0.15, 0.2) is 34.7 Å². The van der Waals surface area contributed by atoms with Crippen molar-refractivity contribution in [2.45, 2.75) is 338 Å². The second kappa shape index (κ2) is 87.7. The standard InChI is InChI=1S/C20H20BNO4.C15H10BrNO.C14H10BNO3.C14H8BrNO2.C12H24B2O4.C8H7BrO.C8H7N.15C2H6/c1-19(2)20(3,4)26-21(25-19)18-11-10-17(12-14(18)13-23)24-16-8-6-15(22-5)7-9-16;1-3-11-10-14(8-9-15(11)16)18-13-6-4-12(17-2)5-7-13;1-16-11-2-4-12(5-3-11)19-13-6-7-14-10(8-13)9-18-15(14)17;1-16-11-2-4-12(5-3-11)18-13-6-7-14(15)10(8-13)9-17;1-9(2)10(3,4)16-13(15-9)14-17-11(5,6)12(7,8)18-14;1-2-6-5-7(10)3-4-8(6)9;1-7-3-5-8(9-2)6-4-7;15*1-2/h6-13H,1-4H3;3-10H,1H2;2-8,17H,9H2;2-9H;1-8H3;2-5,10H,1H2;3-6H,1H3;15*1-2H3. The van der Waals surface area contributed by atoms with E-state index in [9.17, 15) is 14.6 Å². The lowest BCUT2D eigenvalue weighted by atomic mass is 9.49. The van der Waals surface area contributed by atoms with Gasteiger partial charge in [-0.15, -0.1) is 0 Å². The largest absolute Gasteiger partial charge is 0.508 e. The zero-order valence-electron chi connectivity index (χ0n) is 97.5. The number of rotatable bonds is 14. The maximum Gasteiger partial charge on any atom is 0.495 e. The van der Waals surface area contributed by atoms with Crippen LogP contribution in [0.25, 0.3) is 36.4 Å². The topological polar surface area (TPSA) is 198 Å². The summed E-state index contributed by atoms with van der Waals surface area (Å²) >= 11 is 10.0. The Morgan fingerprint density at radius 1 is 0.304 bits per heavy atom. The summed E-state index contributed by atoms with van der Waals surface area (Å²) in [5.74, 6) is 5.40. The van der Waals surface area contributed by atoms with E-state index >= 15 is 0 Å². The van der Waals surface area contributed by atoms with Gasteiger partial charge in [-0.05, 0) is 245 Å². The minimum Gasteiger partial charge on any atom is -0.508 e. The van der Waals surface area contributed by atoms with Gasteiger partial charge in [-0.1, -0.05) is 371 Å². The minimum atomic E-state index is -0.831. The first-order valence-corrected chi connectivity index (χ1v) is 54.2. The molecule has 4 aliphatic rings. The molecule has 20 nitrogen and oxygen atoms in total. The average molecular weight is 2220 g/mol. The van der Waals surface area contributed by atoms with Crippen molar-refractivity contribution in [1.82, 2.24) is 0 Å². The number of carbonyl (C=O) groups is 2. The molecule has 0 saturated carbocycles. The predicted octanol–water partition coefficient (Wildman–Crippen LogP) is 39.4. The van der Waals surface area contributed by atoms with Crippen LogP contribution in [-0.2, 0) is 39.2 Å². The molecule has 10 aromatic carbocycles. The van der Waals surface area contributed by atoms with Gasteiger partial charge in [-0.2, -0.15) is 0 Å². The highest BCUT2D eigenvalue weighted by atomic mass is 79.9. The number of phenols is 1. The average Bonchev–Trinajstić information content (AvgIpc) is 1.60. The minimum absolute atomic E-state index is 0.262. The highest BCUT2D eigenvalue weighted by Gasteiger charge is 2.64. The van der Waals surface area contributed by atoms with Gasteiger partial charge >= 0.3 is 28.3 Å². The molecule has 3 fully saturated rings. The summed E-state index contributed by atoms with van der Waals surface area (Å²) in [6, 6.07) is 61.7. The summed E-state index contributed by atoms with van der Waals surface area (Å²) in [4.78, 5) is 39.0. The van der Waals surface area contributed by atoms with Gasteiger partial charge in [0.05, 0.1) is 73.1 Å². The molecule has 0 radical (unpaired) electrons. The van der Waals surface area contributed by atoms with Gasteiger partial charge in [0.1, 0.15) is 58.0 Å². The van der Waals surface area contributed by atoms with Crippen LogP contribution >= 0.6 is 47.8 Å². The Bertz CT molecular complexity index is 5230. The van der Waals surface area contributed by atoms with Crippen molar-refractivity contribution in [3.05, 3.63) is 329 Å². The zero-order chi connectivity index (χ0) is 116. The van der Waals surface area contributed by atoms with Gasteiger partial charge in [0, 0.05) is 24.5 Å². The third-order valence-electron chi connectivity index (χ3n) is 19.7. The van der Waals surface area contributed by atoms with Crippen LogP contribution in [0.15, 0.2) is 239 Å². The fourth-order valence-electron chi connectivity index (χ4n) is 10.8. The van der Waals surface area contributed by atoms with Crippen LogP contribution in [0.2, 0.25) is 0 Å². The molecule has 4 aliphatic heterocycles. The lowest BCUT2D eigenvalue weighted by molar-refractivity contribution is 0.00578. The molecule has 0 aliphatic carbocycles. The van der Waals surface area contributed by atoms with Gasteiger partial charge in [-0.3, -0.25) is 9.59 Å². The Labute approximate surface area is 923 Å². The number of hydrogen-bond acceptors (Lipinski definition) is 15. The molecular weight excluding hydrogens is 2050 g/mol. The summed E-state index contributed by atoms with van der Waals surface area (Å²) in [6.45, 7) is 128. The molecule has 10 aromatic rings. The fourth-order valence-corrected chi connectivity index (χ4v) is 12.0. The molecule has 808 valence electrons. The molecule has 0 spiro atoms. The van der Waals surface area contributed by atoms with E-state index in [1.807, 2.05) is 346 Å². The lowest BCUT2D eigenvalue weighted by Gasteiger charge is -2.32. The predicted molar refractivity (Wildman–Crippen MR) is 647 cm³/mol. The number of carbonyl (C=O) groups excluding carboxylic acids is 2. The van der Waals surface area contributed by atoms with Crippen molar-refractivity contribution in [3.63, 3.8) is 0 Å². The monoisotopic (exact) mass is 2220 g/mol. The normalized spacial score (nSPS) is 12.7. The number of fused-ring (bicyclic) bond motifs is 1. The molecule has 4 heterocycles. The Hall–Kier alpha value is -11.2. The molecule has 2 N–H and O–H groups in total. The van der Waals surface area contributed by atoms with Crippen molar-refractivity contribution in [3.8, 4) is 51.7 Å². The lowest BCUT2D eigenvalue weighted by Crippen LogP contribution is -2.41. The Balaban J connectivity index is -0.000000250. The third kappa shape index (κ3) is 53.8. The maximum absolute atomic E-state index is 11.6. The van der Waals surface area contributed by atoms with Crippen LogP contribution in [0.4, 0.5) is 28.4 Å². The van der Waals surface area contributed by atoms with Gasteiger partial charge in [0.25, 0.3) is 0 Å².